The Hall–Kier alpha value is -1.06. The number of hydrogen-bond acceptors (Lipinski definition) is 2. The van der Waals surface area contributed by atoms with Crippen molar-refractivity contribution in [3.63, 3.8) is 0 Å². The maximum absolute atomic E-state index is 6.40. The Morgan fingerprint density at radius 1 is 0.952 bits per heavy atom. The molecule has 0 spiro atoms. The van der Waals surface area contributed by atoms with E-state index in [0.717, 1.165) is 23.1 Å². The van der Waals surface area contributed by atoms with Crippen LogP contribution in [0, 0.1) is 0 Å². The Morgan fingerprint density at radius 3 is 2.48 bits per heavy atom. The zero-order valence-corrected chi connectivity index (χ0v) is 13.6. The fourth-order valence-electron chi connectivity index (χ4n) is 3.83. The van der Waals surface area contributed by atoms with E-state index in [0.29, 0.717) is 18.2 Å². The van der Waals surface area contributed by atoms with Gasteiger partial charge >= 0.3 is 0 Å². The fourth-order valence-corrected chi connectivity index (χ4v) is 4.33. The lowest BCUT2D eigenvalue weighted by Gasteiger charge is -2.40. The highest BCUT2D eigenvalue weighted by Gasteiger charge is 2.32. The first kappa shape index (κ1) is 13.6. The van der Waals surface area contributed by atoms with Gasteiger partial charge in [0.2, 0.25) is 0 Å². The van der Waals surface area contributed by atoms with Gasteiger partial charge < -0.3 is 10.1 Å². The number of hydrogen-bond donors (Lipinski definition) is 1. The van der Waals surface area contributed by atoms with Crippen LogP contribution in [-0.2, 0) is 0 Å². The molecule has 3 heteroatoms. The molecule has 2 heterocycles. The minimum absolute atomic E-state index is 0.353. The summed E-state index contributed by atoms with van der Waals surface area (Å²) in [6.07, 6.45) is 6.61. The van der Waals surface area contributed by atoms with Gasteiger partial charge in [0.15, 0.2) is 0 Å². The molecule has 0 aromatic heterocycles. The average Bonchev–Trinajstić information content (AvgIpc) is 2.48. The monoisotopic (exact) mass is 345 g/mol. The Balaban J connectivity index is 1.61. The highest BCUT2D eigenvalue weighted by Crippen LogP contribution is 2.34. The van der Waals surface area contributed by atoms with E-state index in [1.54, 1.807) is 0 Å². The Bertz CT molecular complexity index is 645. The SMILES string of the molecule is Brc1cccc2c(O[C@@H]3C[C@H]4CCC[C@@H](C3)N4)cccc12. The summed E-state index contributed by atoms with van der Waals surface area (Å²) in [6.45, 7) is 0. The molecule has 3 atom stereocenters. The van der Waals surface area contributed by atoms with Crippen molar-refractivity contribution in [3.8, 4) is 5.75 Å². The van der Waals surface area contributed by atoms with Crippen molar-refractivity contribution in [1.29, 1.82) is 0 Å². The van der Waals surface area contributed by atoms with Crippen molar-refractivity contribution in [1.82, 2.24) is 5.32 Å². The molecule has 2 saturated heterocycles. The summed E-state index contributed by atoms with van der Waals surface area (Å²) in [5.41, 5.74) is 0. The third-order valence-electron chi connectivity index (χ3n) is 4.79. The van der Waals surface area contributed by atoms with Crippen LogP contribution < -0.4 is 10.1 Å². The molecule has 0 radical (unpaired) electrons. The quantitative estimate of drug-likeness (QED) is 0.854. The number of piperidine rings is 2. The Labute approximate surface area is 134 Å². The maximum Gasteiger partial charge on any atom is 0.127 e. The molecule has 4 rings (SSSR count). The second-order valence-corrected chi connectivity index (χ2v) is 7.15. The smallest absolute Gasteiger partial charge is 0.127 e. The van der Waals surface area contributed by atoms with Gasteiger partial charge in [-0.3, -0.25) is 0 Å². The van der Waals surface area contributed by atoms with Gasteiger partial charge in [0.05, 0.1) is 0 Å². The zero-order valence-electron chi connectivity index (χ0n) is 12.0. The Kier molecular flexibility index (Phi) is 3.64. The van der Waals surface area contributed by atoms with Crippen molar-refractivity contribution in [2.75, 3.05) is 0 Å². The number of halogens is 1. The lowest BCUT2D eigenvalue weighted by atomic mass is 9.85. The molecule has 0 saturated carbocycles. The number of benzene rings is 2. The number of nitrogens with one attached hydrogen (secondary N) is 1. The third kappa shape index (κ3) is 2.69. The summed E-state index contributed by atoms with van der Waals surface area (Å²) >= 11 is 3.63. The van der Waals surface area contributed by atoms with E-state index in [1.165, 1.54) is 30.0 Å². The summed E-state index contributed by atoms with van der Waals surface area (Å²) in [7, 11) is 0. The van der Waals surface area contributed by atoms with Crippen LogP contribution in [-0.4, -0.2) is 18.2 Å². The first-order valence-electron chi connectivity index (χ1n) is 7.89. The van der Waals surface area contributed by atoms with Crippen LogP contribution in [0.4, 0.5) is 0 Å². The van der Waals surface area contributed by atoms with Gasteiger partial charge in [0.25, 0.3) is 0 Å². The molecule has 2 fully saturated rings. The normalized spacial score (nSPS) is 28.5. The van der Waals surface area contributed by atoms with Crippen molar-refractivity contribution >= 4 is 26.7 Å². The van der Waals surface area contributed by atoms with Crippen molar-refractivity contribution in [2.45, 2.75) is 50.3 Å². The van der Waals surface area contributed by atoms with Crippen LogP contribution in [0.2, 0.25) is 0 Å². The van der Waals surface area contributed by atoms with Crippen LogP contribution in [0.15, 0.2) is 40.9 Å². The zero-order chi connectivity index (χ0) is 14.2. The summed E-state index contributed by atoms with van der Waals surface area (Å²) in [5.74, 6) is 1.03. The molecule has 1 N–H and O–H groups in total. The van der Waals surface area contributed by atoms with Crippen molar-refractivity contribution < 1.29 is 4.74 Å². The van der Waals surface area contributed by atoms with Gasteiger partial charge in [0, 0.05) is 21.9 Å². The van der Waals surface area contributed by atoms with E-state index in [1.807, 2.05) is 0 Å². The molecular weight excluding hydrogens is 326 g/mol. The molecule has 21 heavy (non-hydrogen) atoms. The van der Waals surface area contributed by atoms with E-state index >= 15 is 0 Å². The largest absolute Gasteiger partial charge is 0.490 e. The van der Waals surface area contributed by atoms with Gasteiger partial charge in [0.1, 0.15) is 11.9 Å². The number of ether oxygens (including phenoxy) is 1. The Morgan fingerprint density at radius 2 is 1.67 bits per heavy atom. The van der Waals surface area contributed by atoms with Crippen LogP contribution >= 0.6 is 15.9 Å². The molecule has 0 unspecified atom stereocenters. The van der Waals surface area contributed by atoms with E-state index in [4.69, 9.17) is 4.74 Å². The van der Waals surface area contributed by atoms with Gasteiger partial charge in [-0.25, -0.2) is 0 Å². The minimum atomic E-state index is 0.353. The van der Waals surface area contributed by atoms with Crippen molar-refractivity contribution in [2.24, 2.45) is 0 Å². The van der Waals surface area contributed by atoms with E-state index < -0.39 is 0 Å². The molecule has 2 nitrogen and oxygen atoms in total. The van der Waals surface area contributed by atoms with Crippen LogP contribution in [0.1, 0.15) is 32.1 Å². The summed E-state index contributed by atoms with van der Waals surface area (Å²) < 4.78 is 7.53. The third-order valence-corrected chi connectivity index (χ3v) is 5.49. The van der Waals surface area contributed by atoms with E-state index in [-0.39, 0.29) is 0 Å². The molecule has 2 aliphatic rings. The lowest BCUT2D eigenvalue weighted by Crippen LogP contribution is -2.51. The fraction of sp³-hybridized carbons (Fsp3) is 0.444. The van der Waals surface area contributed by atoms with Crippen LogP contribution in [0.5, 0.6) is 5.75 Å². The topological polar surface area (TPSA) is 21.3 Å². The first-order valence-corrected chi connectivity index (χ1v) is 8.69. The van der Waals surface area contributed by atoms with Gasteiger partial charge in [-0.2, -0.15) is 0 Å². The highest BCUT2D eigenvalue weighted by molar-refractivity contribution is 9.10. The molecule has 2 aromatic rings. The molecule has 0 amide bonds. The first-order chi connectivity index (χ1) is 10.3. The summed E-state index contributed by atoms with van der Waals surface area (Å²) in [5, 5.41) is 6.16. The van der Waals surface area contributed by atoms with Crippen molar-refractivity contribution in [3.05, 3.63) is 40.9 Å². The predicted octanol–water partition coefficient (Wildman–Crippen LogP) is 4.65. The molecule has 2 aliphatic heterocycles. The molecule has 0 aliphatic carbocycles. The van der Waals surface area contributed by atoms with Gasteiger partial charge in [-0.15, -0.1) is 0 Å². The van der Waals surface area contributed by atoms with Crippen LogP contribution in [0.25, 0.3) is 10.8 Å². The van der Waals surface area contributed by atoms with Gasteiger partial charge in [-0.1, -0.05) is 46.6 Å². The standard InChI is InChI=1S/C18H20BrNO/c19-17-8-2-7-16-15(17)6-3-9-18(16)21-14-10-12-4-1-5-13(11-14)20-12/h2-3,6-9,12-14,20H,1,4-5,10-11H2/t12-,13+,14-. The average molecular weight is 346 g/mol. The summed E-state index contributed by atoms with van der Waals surface area (Å²) in [4.78, 5) is 0. The van der Waals surface area contributed by atoms with E-state index in [9.17, 15) is 0 Å². The van der Waals surface area contributed by atoms with E-state index in [2.05, 4.69) is 57.6 Å². The van der Waals surface area contributed by atoms with Crippen LogP contribution in [0.3, 0.4) is 0 Å². The number of rotatable bonds is 2. The second-order valence-electron chi connectivity index (χ2n) is 6.29. The molecule has 2 bridgehead atoms. The maximum atomic E-state index is 6.40. The predicted molar refractivity (Wildman–Crippen MR) is 89.9 cm³/mol. The molecule has 110 valence electrons. The second kappa shape index (κ2) is 5.62. The highest BCUT2D eigenvalue weighted by atomic mass is 79.9. The number of fused-ring (bicyclic) bond motifs is 3. The summed E-state index contributed by atoms with van der Waals surface area (Å²) in [6, 6.07) is 14.0. The minimum Gasteiger partial charge on any atom is -0.490 e. The molecule has 2 aromatic carbocycles. The molecular formula is C18H20BrNO. The van der Waals surface area contributed by atoms with Gasteiger partial charge in [-0.05, 0) is 43.2 Å². The lowest BCUT2D eigenvalue weighted by molar-refractivity contribution is 0.0940.